The van der Waals surface area contributed by atoms with E-state index in [-0.39, 0.29) is 11.6 Å². The number of nitrogens with one attached hydrogen (secondary N) is 2. The lowest BCUT2D eigenvalue weighted by Crippen LogP contribution is -2.38. The molecule has 0 fully saturated rings. The van der Waals surface area contributed by atoms with Crippen molar-refractivity contribution in [2.24, 2.45) is 0 Å². The summed E-state index contributed by atoms with van der Waals surface area (Å²) in [6.45, 7) is 4.18. The maximum atomic E-state index is 12.7. The molecule has 0 radical (unpaired) electrons. The third-order valence-corrected chi connectivity index (χ3v) is 3.29. The van der Waals surface area contributed by atoms with Crippen LogP contribution in [0.5, 0.6) is 0 Å². The first kappa shape index (κ1) is 17.8. The topological polar surface area (TPSA) is 41.1 Å². The van der Waals surface area contributed by atoms with Gasteiger partial charge in [0.1, 0.15) is 6.04 Å². The normalized spacial score (nSPS) is 12.9. The molecule has 1 aromatic rings. The van der Waals surface area contributed by atoms with Gasteiger partial charge in [-0.3, -0.25) is 4.79 Å². The van der Waals surface area contributed by atoms with Gasteiger partial charge in [-0.15, -0.1) is 0 Å². The SMILES string of the molecule is CCCCNC(=O)C(C)Nc1cc(Br)cc(C(F)(F)F)c1. The van der Waals surface area contributed by atoms with Gasteiger partial charge >= 0.3 is 6.18 Å². The second kappa shape index (κ2) is 7.68. The number of rotatable bonds is 6. The molecule has 0 aromatic heterocycles. The average molecular weight is 367 g/mol. The van der Waals surface area contributed by atoms with E-state index < -0.39 is 17.8 Å². The Bertz CT molecular complexity index is 492. The summed E-state index contributed by atoms with van der Waals surface area (Å²) in [5.41, 5.74) is -0.521. The van der Waals surface area contributed by atoms with E-state index >= 15 is 0 Å². The molecule has 1 unspecified atom stereocenters. The molecule has 1 aromatic carbocycles. The Kier molecular flexibility index (Phi) is 6.51. The Morgan fingerprint density at radius 2 is 2.00 bits per heavy atom. The van der Waals surface area contributed by atoms with Crippen molar-refractivity contribution in [1.29, 1.82) is 0 Å². The molecule has 3 nitrogen and oxygen atoms in total. The van der Waals surface area contributed by atoms with E-state index in [9.17, 15) is 18.0 Å². The van der Waals surface area contributed by atoms with Crippen molar-refractivity contribution >= 4 is 27.5 Å². The lowest BCUT2D eigenvalue weighted by Gasteiger charge is -2.17. The smallest absolute Gasteiger partial charge is 0.374 e. The fourth-order valence-electron chi connectivity index (χ4n) is 1.69. The van der Waals surface area contributed by atoms with Crippen LogP contribution in [-0.2, 0) is 11.0 Å². The fourth-order valence-corrected chi connectivity index (χ4v) is 2.19. The van der Waals surface area contributed by atoms with Gasteiger partial charge in [0, 0.05) is 16.7 Å². The Balaban J connectivity index is 2.74. The summed E-state index contributed by atoms with van der Waals surface area (Å²) in [4.78, 5) is 11.8. The van der Waals surface area contributed by atoms with Crippen LogP contribution in [0.2, 0.25) is 0 Å². The van der Waals surface area contributed by atoms with Crippen LogP contribution in [0.15, 0.2) is 22.7 Å². The Labute approximate surface area is 130 Å². The van der Waals surface area contributed by atoms with Crippen LogP contribution in [0.1, 0.15) is 32.3 Å². The monoisotopic (exact) mass is 366 g/mol. The van der Waals surface area contributed by atoms with Gasteiger partial charge in [0.25, 0.3) is 0 Å². The molecular formula is C14H18BrF3N2O. The van der Waals surface area contributed by atoms with Gasteiger partial charge in [0.2, 0.25) is 5.91 Å². The Hall–Kier alpha value is -1.24. The molecule has 1 rings (SSSR count). The predicted octanol–water partition coefficient (Wildman–Crippen LogP) is 4.18. The largest absolute Gasteiger partial charge is 0.416 e. The zero-order valence-electron chi connectivity index (χ0n) is 11.9. The lowest BCUT2D eigenvalue weighted by molar-refractivity contribution is -0.137. The van der Waals surface area contributed by atoms with Crippen molar-refractivity contribution in [3.05, 3.63) is 28.2 Å². The maximum Gasteiger partial charge on any atom is 0.416 e. The van der Waals surface area contributed by atoms with Crippen LogP contribution in [0.25, 0.3) is 0 Å². The van der Waals surface area contributed by atoms with Crippen molar-refractivity contribution < 1.29 is 18.0 Å². The minimum atomic E-state index is -4.42. The summed E-state index contributed by atoms with van der Waals surface area (Å²) in [7, 11) is 0. The second-order valence-corrected chi connectivity index (χ2v) is 5.65. The number of anilines is 1. The summed E-state index contributed by atoms with van der Waals surface area (Å²) < 4.78 is 38.5. The van der Waals surface area contributed by atoms with E-state index in [1.807, 2.05) is 6.92 Å². The molecule has 0 aliphatic heterocycles. The molecule has 0 bridgehead atoms. The molecule has 1 amide bonds. The molecule has 0 heterocycles. The Morgan fingerprint density at radius 3 is 2.57 bits per heavy atom. The number of unbranched alkanes of at least 4 members (excludes halogenated alkanes) is 1. The van der Waals surface area contributed by atoms with Gasteiger partial charge in [-0.05, 0) is 31.5 Å². The summed E-state index contributed by atoms with van der Waals surface area (Å²) >= 11 is 3.04. The standard InChI is InChI=1S/C14H18BrF3N2O/c1-3-4-5-19-13(21)9(2)20-12-7-10(14(16,17)18)6-11(15)8-12/h6-9,20H,3-5H2,1-2H3,(H,19,21). The molecule has 0 aliphatic carbocycles. The molecule has 7 heteroatoms. The molecule has 118 valence electrons. The fraction of sp³-hybridized carbons (Fsp3) is 0.500. The minimum Gasteiger partial charge on any atom is -0.374 e. The number of carbonyl (C=O) groups excluding carboxylic acids is 1. The number of benzene rings is 1. The third kappa shape index (κ3) is 5.95. The van der Waals surface area contributed by atoms with Crippen LogP contribution in [0.3, 0.4) is 0 Å². The molecular weight excluding hydrogens is 349 g/mol. The number of carbonyl (C=O) groups is 1. The third-order valence-electron chi connectivity index (χ3n) is 2.83. The quantitative estimate of drug-likeness (QED) is 0.741. The van der Waals surface area contributed by atoms with Gasteiger partial charge in [0.05, 0.1) is 5.56 Å². The van der Waals surface area contributed by atoms with Gasteiger partial charge in [-0.25, -0.2) is 0 Å². The second-order valence-electron chi connectivity index (χ2n) is 4.74. The zero-order valence-corrected chi connectivity index (χ0v) is 13.4. The molecule has 0 spiro atoms. The summed E-state index contributed by atoms with van der Waals surface area (Å²) in [6.07, 6.45) is -2.59. The Morgan fingerprint density at radius 1 is 1.33 bits per heavy atom. The highest BCUT2D eigenvalue weighted by Gasteiger charge is 2.31. The molecule has 0 saturated heterocycles. The summed E-state index contributed by atoms with van der Waals surface area (Å²) in [6, 6.07) is 2.88. The highest BCUT2D eigenvalue weighted by atomic mass is 79.9. The summed E-state index contributed by atoms with van der Waals surface area (Å²) in [5, 5.41) is 5.51. The van der Waals surface area contributed by atoms with Gasteiger partial charge in [-0.1, -0.05) is 29.3 Å². The van der Waals surface area contributed by atoms with Crippen LogP contribution >= 0.6 is 15.9 Å². The van der Waals surface area contributed by atoms with E-state index in [4.69, 9.17) is 0 Å². The predicted molar refractivity (Wildman–Crippen MR) is 80.1 cm³/mol. The van der Waals surface area contributed by atoms with Crippen molar-refractivity contribution in [2.45, 2.75) is 38.9 Å². The van der Waals surface area contributed by atoms with Crippen LogP contribution in [0, 0.1) is 0 Å². The van der Waals surface area contributed by atoms with Crippen molar-refractivity contribution in [1.82, 2.24) is 5.32 Å². The number of alkyl halides is 3. The van der Waals surface area contributed by atoms with E-state index in [1.165, 1.54) is 6.07 Å². The molecule has 0 aliphatic rings. The first-order chi connectivity index (χ1) is 9.74. The molecule has 1 atom stereocenters. The van der Waals surface area contributed by atoms with Gasteiger partial charge in [-0.2, -0.15) is 13.2 Å². The first-order valence-corrected chi connectivity index (χ1v) is 7.45. The van der Waals surface area contributed by atoms with E-state index in [1.54, 1.807) is 6.92 Å². The number of hydrogen-bond donors (Lipinski definition) is 2. The van der Waals surface area contributed by atoms with Crippen LogP contribution < -0.4 is 10.6 Å². The highest BCUT2D eigenvalue weighted by molar-refractivity contribution is 9.10. The van der Waals surface area contributed by atoms with Gasteiger partial charge < -0.3 is 10.6 Å². The number of hydrogen-bond acceptors (Lipinski definition) is 2. The molecule has 0 saturated carbocycles. The number of amides is 1. The van der Waals surface area contributed by atoms with E-state index in [2.05, 4.69) is 26.6 Å². The lowest BCUT2D eigenvalue weighted by atomic mass is 10.1. The summed E-state index contributed by atoms with van der Waals surface area (Å²) in [5.74, 6) is -0.239. The number of halogens is 4. The highest BCUT2D eigenvalue weighted by Crippen LogP contribution is 2.33. The molecule has 21 heavy (non-hydrogen) atoms. The maximum absolute atomic E-state index is 12.7. The first-order valence-electron chi connectivity index (χ1n) is 6.66. The minimum absolute atomic E-state index is 0.239. The van der Waals surface area contributed by atoms with E-state index in [0.29, 0.717) is 11.0 Å². The van der Waals surface area contributed by atoms with Crippen molar-refractivity contribution in [3.8, 4) is 0 Å². The zero-order chi connectivity index (χ0) is 16.0. The van der Waals surface area contributed by atoms with E-state index in [0.717, 1.165) is 25.0 Å². The van der Waals surface area contributed by atoms with Gasteiger partial charge in [0.15, 0.2) is 0 Å². The molecule has 2 N–H and O–H groups in total. The van der Waals surface area contributed by atoms with Crippen molar-refractivity contribution in [3.63, 3.8) is 0 Å². The van der Waals surface area contributed by atoms with Crippen molar-refractivity contribution in [2.75, 3.05) is 11.9 Å². The average Bonchev–Trinajstić information content (AvgIpc) is 2.37. The van der Waals surface area contributed by atoms with Crippen LogP contribution in [0.4, 0.5) is 18.9 Å². The van der Waals surface area contributed by atoms with Crippen LogP contribution in [-0.4, -0.2) is 18.5 Å².